The molecule has 2 heterocycles. The Morgan fingerprint density at radius 2 is 1.44 bits per heavy atom. The molecule has 1 aliphatic carbocycles. The van der Waals surface area contributed by atoms with Crippen LogP contribution in [0.3, 0.4) is 0 Å². The average Bonchev–Trinajstić information content (AvgIpc) is 3.48. The van der Waals surface area contributed by atoms with Crippen LogP contribution in [-0.4, -0.2) is 94.2 Å². The van der Waals surface area contributed by atoms with E-state index in [1.165, 1.54) is 30.7 Å². The monoisotopic (exact) mass is 886 g/mol. The van der Waals surface area contributed by atoms with Crippen molar-refractivity contribution < 1.29 is 47.4 Å². The lowest BCUT2D eigenvalue weighted by molar-refractivity contribution is -0.251. The van der Waals surface area contributed by atoms with Crippen LogP contribution in [0.4, 0.5) is 0 Å². The second-order valence-corrected chi connectivity index (χ2v) is 17.5. The minimum Gasteiger partial charge on any atom is -0.497 e. The SMILES string of the molecule is COc1ccc(C(c2ccccc2)(c2ccc(OC)cc2)C(O)[C@]23O[C@@H](n4ccc(=O)[nH]c4=O)[C@H](C[C@H](OC(C)=O)[C@@H]2OC(C)=O)[C@@H]3OP(OCCC#N)N(C(C)C)C(C)C)cc1. The van der Waals surface area contributed by atoms with Crippen LogP contribution in [0, 0.1) is 17.2 Å². The number of ether oxygens (including phenoxy) is 5. The van der Waals surface area contributed by atoms with Crippen molar-refractivity contribution in [2.75, 3.05) is 20.8 Å². The van der Waals surface area contributed by atoms with Gasteiger partial charge in [-0.3, -0.25) is 23.9 Å². The van der Waals surface area contributed by atoms with Crippen LogP contribution in [0.1, 0.15) is 77.3 Å². The molecule has 2 aliphatic rings. The van der Waals surface area contributed by atoms with E-state index in [9.17, 15) is 29.5 Å². The highest BCUT2D eigenvalue weighted by Gasteiger charge is 2.75. The van der Waals surface area contributed by atoms with E-state index in [1.807, 2.05) is 87.0 Å². The largest absolute Gasteiger partial charge is 0.497 e. The zero-order valence-corrected chi connectivity index (χ0v) is 37.5. The van der Waals surface area contributed by atoms with E-state index in [4.69, 9.17) is 32.7 Å². The normalized spacial score (nSPS) is 22.9. The number of methoxy groups -OCH3 is 2. The molecule has 17 heteroatoms. The van der Waals surface area contributed by atoms with Gasteiger partial charge in [-0.05, 0) is 75.1 Å². The predicted octanol–water partition coefficient (Wildman–Crippen LogP) is 5.76. The highest BCUT2D eigenvalue weighted by molar-refractivity contribution is 7.44. The number of fused-ring (bicyclic) bond motifs is 2. The minimum atomic E-state index is -2.25. The first-order chi connectivity index (χ1) is 30.1. The van der Waals surface area contributed by atoms with Gasteiger partial charge in [0.15, 0.2) is 11.7 Å². The molecule has 0 spiro atoms. The standard InChI is InChI=1S/C46H55N4O12P/c1-28(2)50(29(3)4)63(58-26-12-24-47)62-40-37-27-38(59-30(5)51)41(60-31(6)52)46(40,61-42(37)49-25-23-39(53)48-44(49)55)43(54)45(32-13-10-9-11-14-32,33-15-19-35(56-7)20-16-33)34-17-21-36(57-8)22-18-34/h9-11,13-23,25,28-29,37-38,40-43,54H,12,26-27H2,1-8H3,(H,48,53,55)/t37-,38+,40+,41+,42-,43?,46-,63?/m1/s1. The smallest absolute Gasteiger partial charge is 0.330 e. The second-order valence-electron chi connectivity index (χ2n) is 16.1. The Morgan fingerprint density at radius 3 is 1.94 bits per heavy atom. The first-order valence-corrected chi connectivity index (χ1v) is 21.9. The first kappa shape index (κ1) is 47.1. The van der Waals surface area contributed by atoms with Gasteiger partial charge in [0, 0.05) is 44.1 Å². The zero-order valence-electron chi connectivity index (χ0n) is 36.6. The second kappa shape index (κ2) is 20.0. The summed E-state index contributed by atoms with van der Waals surface area (Å²) in [7, 11) is 0.957. The molecule has 4 aromatic rings. The van der Waals surface area contributed by atoms with Crippen LogP contribution >= 0.6 is 8.53 Å². The van der Waals surface area contributed by atoms with Crippen molar-refractivity contribution >= 4 is 20.5 Å². The van der Waals surface area contributed by atoms with Crippen LogP contribution in [-0.2, 0) is 38.3 Å². The third-order valence-electron chi connectivity index (χ3n) is 11.6. The van der Waals surface area contributed by atoms with Gasteiger partial charge in [-0.1, -0.05) is 54.6 Å². The summed E-state index contributed by atoms with van der Waals surface area (Å²) in [5, 5.41) is 23.9. The molecule has 0 amide bonds. The maximum Gasteiger partial charge on any atom is 0.330 e. The number of aromatic amines is 1. The van der Waals surface area contributed by atoms with Crippen molar-refractivity contribution in [2.24, 2.45) is 5.92 Å². The van der Waals surface area contributed by atoms with Gasteiger partial charge in [-0.2, -0.15) is 5.26 Å². The molecular formula is C46H55N4O12P. The molecule has 8 atom stereocenters. The molecule has 3 aromatic carbocycles. The number of carbonyl (C=O) groups is 2. The lowest BCUT2D eigenvalue weighted by Gasteiger charge is -2.54. The molecule has 63 heavy (non-hydrogen) atoms. The molecule has 0 radical (unpaired) electrons. The van der Waals surface area contributed by atoms with Crippen LogP contribution in [0.5, 0.6) is 11.5 Å². The van der Waals surface area contributed by atoms with Crippen LogP contribution in [0.15, 0.2) is 101 Å². The molecule has 1 aromatic heterocycles. The number of nitrogens with zero attached hydrogens (tertiary/aromatic N) is 3. The van der Waals surface area contributed by atoms with Crippen LogP contribution < -0.4 is 20.7 Å². The molecule has 1 saturated heterocycles. The maximum absolute atomic E-state index is 14.3. The van der Waals surface area contributed by atoms with E-state index < -0.39 is 79.3 Å². The van der Waals surface area contributed by atoms with Gasteiger partial charge < -0.3 is 37.8 Å². The fourth-order valence-electron chi connectivity index (χ4n) is 9.21. The quantitative estimate of drug-likeness (QED) is 0.0529. The fraction of sp³-hybridized carbons (Fsp3) is 0.457. The Hall–Kier alpha value is -5.40. The molecule has 1 saturated carbocycles. The Balaban J connectivity index is 1.77. The number of aromatic nitrogens is 2. The number of nitriles is 1. The van der Waals surface area contributed by atoms with Gasteiger partial charge in [0.05, 0.1) is 38.7 Å². The van der Waals surface area contributed by atoms with Gasteiger partial charge in [0.2, 0.25) is 0 Å². The number of nitrogens with one attached hydrogen (secondary N) is 1. The van der Waals surface area contributed by atoms with Crippen molar-refractivity contribution in [1.29, 1.82) is 5.26 Å². The van der Waals surface area contributed by atoms with Crippen molar-refractivity contribution in [3.05, 3.63) is 129 Å². The van der Waals surface area contributed by atoms with E-state index in [2.05, 4.69) is 11.1 Å². The highest BCUT2D eigenvalue weighted by Crippen LogP contribution is 2.63. The molecular weight excluding hydrogens is 831 g/mol. The van der Waals surface area contributed by atoms with Crippen molar-refractivity contribution in [2.45, 2.75) is 108 Å². The van der Waals surface area contributed by atoms with E-state index >= 15 is 0 Å². The summed E-state index contributed by atoms with van der Waals surface area (Å²) in [6.45, 7) is 10.3. The number of hydrogen-bond donors (Lipinski definition) is 2. The summed E-state index contributed by atoms with van der Waals surface area (Å²) >= 11 is 0. The van der Waals surface area contributed by atoms with Crippen LogP contribution in [0.2, 0.25) is 0 Å². The predicted molar refractivity (Wildman–Crippen MR) is 232 cm³/mol. The number of aliphatic hydroxyl groups excluding tert-OH is 1. The topological polar surface area (TPSA) is 201 Å². The van der Waals surface area contributed by atoms with Crippen molar-refractivity contribution in [1.82, 2.24) is 14.2 Å². The van der Waals surface area contributed by atoms with Crippen molar-refractivity contribution in [3.63, 3.8) is 0 Å². The minimum absolute atomic E-state index is 0.0101. The number of carbonyl (C=O) groups excluding carboxylic acids is 2. The highest BCUT2D eigenvalue weighted by atomic mass is 31.2. The lowest BCUT2D eigenvalue weighted by Crippen LogP contribution is -2.72. The molecule has 1 aliphatic heterocycles. The summed E-state index contributed by atoms with van der Waals surface area (Å²) in [4.78, 5) is 55.2. The number of H-pyrrole nitrogens is 1. The third kappa shape index (κ3) is 9.18. The molecule has 6 rings (SSSR count). The summed E-state index contributed by atoms with van der Waals surface area (Å²) in [6, 6.07) is 26.4. The number of esters is 2. The third-order valence-corrected chi connectivity index (χ3v) is 13.7. The Morgan fingerprint density at radius 1 is 0.889 bits per heavy atom. The van der Waals surface area contributed by atoms with Crippen molar-refractivity contribution in [3.8, 4) is 17.6 Å². The van der Waals surface area contributed by atoms with Gasteiger partial charge >= 0.3 is 17.6 Å². The number of aliphatic hydroxyl groups is 1. The summed E-state index contributed by atoms with van der Waals surface area (Å²) < 4.78 is 47.7. The van der Waals surface area contributed by atoms with Crippen LogP contribution in [0.25, 0.3) is 0 Å². The Labute approximate surface area is 367 Å². The molecule has 2 fully saturated rings. The summed E-state index contributed by atoms with van der Waals surface area (Å²) in [5.41, 5.74) is -3.73. The molecule has 2 N–H and O–H groups in total. The maximum atomic E-state index is 14.3. The Bertz CT molecular complexity index is 2290. The van der Waals surface area contributed by atoms with Gasteiger partial charge in [-0.25, -0.2) is 9.46 Å². The molecule has 2 unspecified atom stereocenters. The lowest BCUT2D eigenvalue weighted by atomic mass is 9.57. The number of hydrogen-bond acceptors (Lipinski definition) is 14. The molecule has 336 valence electrons. The summed E-state index contributed by atoms with van der Waals surface area (Å²) in [5.74, 6) is -1.37. The van der Waals surface area contributed by atoms with E-state index in [1.54, 1.807) is 38.5 Å². The van der Waals surface area contributed by atoms with Gasteiger partial charge in [0.25, 0.3) is 14.1 Å². The molecule has 2 bridgehead atoms. The number of benzene rings is 3. The van der Waals surface area contributed by atoms with Gasteiger partial charge in [-0.15, -0.1) is 0 Å². The van der Waals surface area contributed by atoms with Gasteiger partial charge in [0.1, 0.15) is 36.0 Å². The van der Waals surface area contributed by atoms with E-state index in [0.717, 1.165) is 0 Å². The Kier molecular flexibility index (Phi) is 14.9. The van der Waals surface area contributed by atoms with E-state index in [0.29, 0.717) is 28.2 Å². The average molecular weight is 887 g/mol. The first-order valence-electron chi connectivity index (χ1n) is 20.7. The summed E-state index contributed by atoms with van der Waals surface area (Å²) in [6.07, 6.45) is -6.13. The molecule has 16 nitrogen and oxygen atoms in total. The number of rotatable bonds is 18. The fourth-order valence-corrected chi connectivity index (χ4v) is 11.0. The van der Waals surface area contributed by atoms with E-state index in [-0.39, 0.29) is 31.5 Å². The zero-order chi connectivity index (χ0) is 45.6.